The van der Waals surface area contributed by atoms with Gasteiger partial charge < -0.3 is 5.11 Å². The number of hydrogen-bond donors (Lipinski definition) is 1. The van der Waals surface area contributed by atoms with Crippen LogP contribution in [-0.4, -0.2) is 43.7 Å². The fraction of sp³-hybridized carbons (Fsp3) is 0.533. The Morgan fingerprint density at radius 3 is 2.19 bits per heavy atom. The quantitative estimate of drug-likeness (QED) is 0.897. The Morgan fingerprint density at radius 1 is 1.24 bits per heavy atom. The molecule has 1 heterocycles. The molecule has 0 amide bonds. The van der Waals surface area contributed by atoms with Crippen LogP contribution in [0.15, 0.2) is 29.2 Å². The van der Waals surface area contributed by atoms with Crippen molar-refractivity contribution in [2.24, 2.45) is 11.8 Å². The van der Waals surface area contributed by atoms with Crippen LogP contribution in [0.5, 0.6) is 0 Å². The molecule has 2 unspecified atom stereocenters. The van der Waals surface area contributed by atoms with Crippen molar-refractivity contribution >= 4 is 15.8 Å². The predicted molar refractivity (Wildman–Crippen MR) is 79.8 cm³/mol. The Morgan fingerprint density at radius 2 is 1.76 bits per heavy atom. The second kappa shape index (κ2) is 5.77. The van der Waals surface area contributed by atoms with Crippen LogP contribution in [0.3, 0.4) is 0 Å². The standard InChI is InChI=1S/C15H21NO4S/c1-10(15(17)18)13-8-16(9-13)11(2)12-4-6-14(7-5-12)21(3,19)20/h4-7,10-11,13H,8-9H2,1-3H3,(H,17,18). The number of rotatable bonds is 5. The number of carbonyl (C=O) groups is 1. The van der Waals surface area contributed by atoms with Crippen LogP contribution in [0, 0.1) is 11.8 Å². The van der Waals surface area contributed by atoms with Gasteiger partial charge in [-0.15, -0.1) is 0 Å². The van der Waals surface area contributed by atoms with E-state index < -0.39 is 15.8 Å². The third-order valence-corrected chi connectivity index (χ3v) is 5.50. The highest BCUT2D eigenvalue weighted by atomic mass is 32.2. The van der Waals surface area contributed by atoms with Crippen LogP contribution in [-0.2, 0) is 14.6 Å². The third kappa shape index (κ3) is 3.44. The van der Waals surface area contributed by atoms with Crippen molar-refractivity contribution in [1.82, 2.24) is 4.90 Å². The maximum atomic E-state index is 11.4. The average Bonchev–Trinajstić information content (AvgIpc) is 2.35. The largest absolute Gasteiger partial charge is 0.481 e. The Hall–Kier alpha value is -1.40. The zero-order valence-corrected chi connectivity index (χ0v) is 13.3. The van der Waals surface area contributed by atoms with Gasteiger partial charge in [-0.05, 0) is 30.5 Å². The second-order valence-corrected chi connectivity index (χ2v) is 7.87. The minimum atomic E-state index is -3.17. The van der Waals surface area contributed by atoms with E-state index >= 15 is 0 Å². The van der Waals surface area contributed by atoms with Gasteiger partial charge in [0, 0.05) is 25.4 Å². The van der Waals surface area contributed by atoms with Crippen molar-refractivity contribution in [3.05, 3.63) is 29.8 Å². The molecule has 2 rings (SSSR count). The van der Waals surface area contributed by atoms with E-state index in [1.54, 1.807) is 19.1 Å². The molecule has 116 valence electrons. The maximum absolute atomic E-state index is 11.4. The molecule has 0 bridgehead atoms. The monoisotopic (exact) mass is 311 g/mol. The molecule has 2 atom stereocenters. The van der Waals surface area contributed by atoms with Gasteiger partial charge in [0.2, 0.25) is 0 Å². The highest BCUT2D eigenvalue weighted by Crippen LogP contribution is 2.32. The van der Waals surface area contributed by atoms with Gasteiger partial charge in [0.15, 0.2) is 9.84 Å². The van der Waals surface area contributed by atoms with Crippen LogP contribution in [0.25, 0.3) is 0 Å². The Labute approximate surface area is 125 Å². The van der Waals surface area contributed by atoms with E-state index in [2.05, 4.69) is 11.8 Å². The van der Waals surface area contributed by atoms with E-state index in [9.17, 15) is 13.2 Å². The molecule has 1 aromatic rings. The van der Waals surface area contributed by atoms with Gasteiger partial charge >= 0.3 is 5.97 Å². The lowest BCUT2D eigenvalue weighted by molar-refractivity contribution is -0.146. The number of sulfone groups is 1. The average molecular weight is 311 g/mol. The summed E-state index contributed by atoms with van der Waals surface area (Å²) < 4.78 is 22.9. The number of benzene rings is 1. The molecule has 6 heteroatoms. The van der Waals surface area contributed by atoms with Crippen LogP contribution >= 0.6 is 0 Å². The molecule has 5 nitrogen and oxygen atoms in total. The lowest BCUT2D eigenvalue weighted by Crippen LogP contribution is -2.51. The van der Waals surface area contributed by atoms with Gasteiger partial charge in [0.05, 0.1) is 10.8 Å². The zero-order valence-electron chi connectivity index (χ0n) is 12.5. The Bertz CT molecular complexity index is 618. The van der Waals surface area contributed by atoms with Crippen molar-refractivity contribution in [1.29, 1.82) is 0 Å². The van der Waals surface area contributed by atoms with E-state index in [1.165, 1.54) is 6.26 Å². The molecule has 1 N–H and O–H groups in total. The van der Waals surface area contributed by atoms with Gasteiger partial charge in [-0.3, -0.25) is 9.69 Å². The zero-order chi connectivity index (χ0) is 15.8. The second-order valence-electron chi connectivity index (χ2n) is 5.86. The Kier molecular flexibility index (Phi) is 4.39. The third-order valence-electron chi connectivity index (χ3n) is 4.37. The topological polar surface area (TPSA) is 74.7 Å². The lowest BCUT2D eigenvalue weighted by atomic mass is 9.85. The molecule has 21 heavy (non-hydrogen) atoms. The number of aliphatic carboxylic acids is 1. The summed E-state index contributed by atoms with van der Waals surface area (Å²) in [5.74, 6) is -0.869. The normalized spacial score (nSPS) is 19.8. The predicted octanol–water partition coefficient (Wildman–Crippen LogP) is 1.80. The molecular formula is C15H21NO4S. The number of likely N-dealkylation sites (tertiary alicyclic amines) is 1. The first kappa shape index (κ1) is 16.0. The van der Waals surface area contributed by atoms with Crippen molar-refractivity contribution in [2.75, 3.05) is 19.3 Å². The molecule has 0 aliphatic carbocycles. The summed E-state index contributed by atoms with van der Waals surface area (Å²) in [7, 11) is -3.17. The molecule has 0 spiro atoms. The molecule has 1 aliphatic heterocycles. The SMILES string of the molecule is CC(C(=O)O)C1CN(C(C)c2ccc(S(C)(=O)=O)cc2)C1. The van der Waals surface area contributed by atoms with Crippen molar-refractivity contribution in [3.63, 3.8) is 0 Å². The first-order valence-corrected chi connectivity index (χ1v) is 8.86. The summed E-state index contributed by atoms with van der Waals surface area (Å²) in [6.45, 7) is 5.33. The molecule has 1 fully saturated rings. The van der Waals surface area contributed by atoms with Crippen LogP contribution in [0.1, 0.15) is 25.5 Å². The first-order valence-electron chi connectivity index (χ1n) is 6.97. The number of hydrogen-bond acceptors (Lipinski definition) is 4. The summed E-state index contributed by atoms with van der Waals surface area (Å²) in [6.07, 6.45) is 1.19. The van der Waals surface area contributed by atoms with Crippen molar-refractivity contribution in [3.8, 4) is 0 Å². The minimum absolute atomic E-state index is 0.163. The number of nitrogens with zero attached hydrogens (tertiary/aromatic N) is 1. The van der Waals surface area contributed by atoms with E-state index in [4.69, 9.17) is 5.11 Å². The summed E-state index contributed by atoms with van der Waals surface area (Å²) in [6, 6.07) is 7.07. The summed E-state index contributed by atoms with van der Waals surface area (Å²) in [5, 5.41) is 8.99. The minimum Gasteiger partial charge on any atom is -0.481 e. The van der Waals surface area contributed by atoms with Gasteiger partial charge in [-0.25, -0.2) is 8.42 Å². The van der Waals surface area contributed by atoms with Gasteiger partial charge in [-0.2, -0.15) is 0 Å². The van der Waals surface area contributed by atoms with E-state index in [0.717, 1.165) is 18.7 Å². The smallest absolute Gasteiger partial charge is 0.306 e. The van der Waals surface area contributed by atoms with Crippen LogP contribution < -0.4 is 0 Å². The lowest BCUT2D eigenvalue weighted by Gasteiger charge is -2.45. The molecule has 1 aromatic carbocycles. The van der Waals surface area contributed by atoms with E-state index in [1.807, 2.05) is 12.1 Å². The Balaban J connectivity index is 2.00. The fourth-order valence-electron chi connectivity index (χ4n) is 2.59. The van der Waals surface area contributed by atoms with E-state index in [-0.39, 0.29) is 17.9 Å². The highest BCUT2D eigenvalue weighted by Gasteiger charge is 2.37. The van der Waals surface area contributed by atoms with Gasteiger partial charge in [-0.1, -0.05) is 19.1 Å². The van der Waals surface area contributed by atoms with Crippen LogP contribution in [0.2, 0.25) is 0 Å². The number of carboxylic acid groups (broad SMARTS) is 1. The van der Waals surface area contributed by atoms with Gasteiger partial charge in [0.25, 0.3) is 0 Å². The molecule has 0 saturated carbocycles. The molecule has 1 aliphatic rings. The molecular weight excluding hydrogens is 290 g/mol. The van der Waals surface area contributed by atoms with Crippen molar-refractivity contribution in [2.45, 2.75) is 24.8 Å². The summed E-state index contributed by atoms with van der Waals surface area (Å²) >= 11 is 0. The summed E-state index contributed by atoms with van der Waals surface area (Å²) in [4.78, 5) is 13.5. The maximum Gasteiger partial charge on any atom is 0.306 e. The molecule has 0 radical (unpaired) electrons. The molecule has 1 saturated heterocycles. The summed E-state index contributed by atoms with van der Waals surface area (Å²) in [5.41, 5.74) is 1.05. The first-order chi connectivity index (χ1) is 9.70. The fourth-order valence-corrected chi connectivity index (χ4v) is 3.22. The van der Waals surface area contributed by atoms with Gasteiger partial charge in [0.1, 0.15) is 0 Å². The highest BCUT2D eigenvalue weighted by molar-refractivity contribution is 7.90. The van der Waals surface area contributed by atoms with E-state index in [0.29, 0.717) is 4.90 Å². The molecule has 0 aromatic heterocycles. The number of carboxylic acids is 1. The van der Waals surface area contributed by atoms with Crippen molar-refractivity contribution < 1.29 is 18.3 Å². The van der Waals surface area contributed by atoms with Crippen LogP contribution in [0.4, 0.5) is 0 Å².